The van der Waals surface area contributed by atoms with E-state index in [1.54, 1.807) is 12.1 Å². The molecule has 4 heteroatoms. The van der Waals surface area contributed by atoms with Gasteiger partial charge < -0.3 is 9.88 Å². The molecule has 1 amide bonds. The number of amides is 1. The fourth-order valence-electron chi connectivity index (χ4n) is 2.88. The number of aromatic nitrogens is 1. The minimum atomic E-state index is -0.198. The lowest BCUT2D eigenvalue weighted by Gasteiger charge is -2.33. The molecule has 20 heavy (non-hydrogen) atoms. The smallest absolute Gasteiger partial charge is 0.270 e. The van der Waals surface area contributed by atoms with Gasteiger partial charge in [0.05, 0.1) is 0 Å². The normalized spacial score (nSPS) is 19.2. The number of carbonyl (C=O) groups excluding carboxylic acids is 1. The van der Waals surface area contributed by atoms with Crippen molar-refractivity contribution in [3.05, 3.63) is 46.4 Å². The lowest BCUT2D eigenvalue weighted by Crippen LogP contribution is -2.42. The molecule has 104 valence electrons. The van der Waals surface area contributed by atoms with Gasteiger partial charge in [-0.2, -0.15) is 0 Å². The van der Waals surface area contributed by atoms with Gasteiger partial charge in [-0.3, -0.25) is 9.59 Å². The van der Waals surface area contributed by atoms with Crippen LogP contribution in [0.5, 0.6) is 0 Å². The van der Waals surface area contributed by atoms with Gasteiger partial charge in [-0.1, -0.05) is 18.2 Å². The minimum absolute atomic E-state index is 0.0694. The van der Waals surface area contributed by atoms with E-state index in [0.29, 0.717) is 11.1 Å². The lowest BCUT2D eigenvalue weighted by molar-refractivity contribution is 0.0629. The first kappa shape index (κ1) is 12.9. The van der Waals surface area contributed by atoms with Crippen molar-refractivity contribution in [2.45, 2.75) is 32.2 Å². The Morgan fingerprint density at radius 3 is 2.90 bits per heavy atom. The predicted molar refractivity (Wildman–Crippen MR) is 78.9 cm³/mol. The fourth-order valence-corrected chi connectivity index (χ4v) is 2.88. The van der Waals surface area contributed by atoms with Crippen molar-refractivity contribution in [2.24, 2.45) is 0 Å². The average molecular weight is 270 g/mol. The van der Waals surface area contributed by atoms with Gasteiger partial charge in [0.15, 0.2) is 0 Å². The van der Waals surface area contributed by atoms with E-state index in [1.165, 1.54) is 6.42 Å². The first-order chi connectivity index (χ1) is 9.66. The van der Waals surface area contributed by atoms with Crippen LogP contribution in [-0.2, 0) is 0 Å². The summed E-state index contributed by atoms with van der Waals surface area (Å²) in [5, 5.41) is 1.43. The molecule has 1 aromatic heterocycles. The number of nitrogens with zero attached hydrogens (tertiary/aromatic N) is 1. The largest absolute Gasteiger partial charge is 0.335 e. The molecule has 1 aromatic carbocycles. The molecule has 1 aliphatic rings. The predicted octanol–water partition coefficient (Wildman–Crippen LogP) is 2.54. The number of nitrogens with one attached hydrogen (secondary N) is 1. The van der Waals surface area contributed by atoms with Crippen LogP contribution in [0.4, 0.5) is 0 Å². The van der Waals surface area contributed by atoms with Gasteiger partial charge in [0.1, 0.15) is 5.69 Å². The zero-order valence-electron chi connectivity index (χ0n) is 11.6. The number of H-pyrrole nitrogens is 1. The molecule has 0 aliphatic carbocycles. The van der Waals surface area contributed by atoms with Crippen LogP contribution < -0.4 is 5.56 Å². The van der Waals surface area contributed by atoms with E-state index in [4.69, 9.17) is 0 Å². The van der Waals surface area contributed by atoms with E-state index in [9.17, 15) is 9.59 Å². The van der Waals surface area contributed by atoms with Crippen LogP contribution in [0.2, 0.25) is 0 Å². The number of fused-ring (bicyclic) bond motifs is 1. The molecule has 2 heterocycles. The average Bonchev–Trinajstić information content (AvgIpc) is 2.47. The lowest BCUT2D eigenvalue weighted by atomic mass is 10.0. The zero-order chi connectivity index (χ0) is 14.1. The van der Waals surface area contributed by atoms with E-state index in [-0.39, 0.29) is 17.5 Å². The number of hydrogen-bond acceptors (Lipinski definition) is 2. The summed E-state index contributed by atoms with van der Waals surface area (Å²) in [6.07, 6.45) is 3.23. The molecule has 0 spiro atoms. The summed E-state index contributed by atoms with van der Waals surface area (Å²) in [7, 11) is 0. The SMILES string of the molecule is CC1CCCCN1C(=O)c1cc2ccccc2c(=O)[nH]1. The molecular weight excluding hydrogens is 252 g/mol. The van der Waals surface area contributed by atoms with Gasteiger partial charge in [-0.15, -0.1) is 0 Å². The molecule has 1 fully saturated rings. The van der Waals surface area contributed by atoms with E-state index < -0.39 is 0 Å². The second kappa shape index (κ2) is 5.12. The van der Waals surface area contributed by atoms with Crippen molar-refractivity contribution >= 4 is 16.7 Å². The summed E-state index contributed by atoms with van der Waals surface area (Å²) in [4.78, 5) is 29.2. The van der Waals surface area contributed by atoms with Gasteiger partial charge in [0.2, 0.25) is 0 Å². The Morgan fingerprint density at radius 1 is 1.30 bits per heavy atom. The number of hydrogen-bond donors (Lipinski definition) is 1. The minimum Gasteiger partial charge on any atom is -0.335 e. The van der Waals surface area contributed by atoms with Crippen LogP contribution in [0.15, 0.2) is 35.1 Å². The van der Waals surface area contributed by atoms with Crippen molar-refractivity contribution in [1.82, 2.24) is 9.88 Å². The molecule has 1 saturated heterocycles. The Balaban J connectivity index is 2.01. The summed E-state index contributed by atoms with van der Waals surface area (Å²) < 4.78 is 0. The molecule has 1 atom stereocenters. The first-order valence-corrected chi connectivity index (χ1v) is 7.10. The molecule has 2 aromatic rings. The summed E-state index contributed by atoms with van der Waals surface area (Å²) in [5.41, 5.74) is 0.193. The number of benzene rings is 1. The molecule has 1 N–H and O–H groups in total. The van der Waals surface area contributed by atoms with Gasteiger partial charge in [0, 0.05) is 18.0 Å². The second-order valence-electron chi connectivity index (χ2n) is 5.44. The molecule has 0 saturated carbocycles. The topological polar surface area (TPSA) is 53.2 Å². The number of piperidine rings is 1. The monoisotopic (exact) mass is 270 g/mol. The van der Waals surface area contributed by atoms with Crippen LogP contribution in [-0.4, -0.2) is 28.4 Å². The molecule has 1 aliphatic heterocycles. The molecule has 3 rings (SSSR count). The van der Waals surface area contributed by atoms with E-state index in [2.05, 4.69) is 11.9 Å². The van der Waals surface area contributed by atoms with Gasteiger partial charge >= 0.3 is 0 Å². The highest BCUT2D eigenvalue weighted by molar-refractivity contribution is 5.96. The first-order valence-electron chi connectivity index (χ1n) is 7.10. The number of likely N-dealkylation sites (tertiary alicyclic amines) is 1. The van der Waals surface area contributed by atoms with Crippen molar-refractivity contribution in [2.75, 3.05) is 6.54 Å². The highest BCUT2D eigenvalue weighted by Gasteiger charge is 2.25. The summed E-state index contributed by atoms with van der Waals surface area (Å²) in [5.74, 6) is -0.0694. The number of pyridine rings is 1. The molecule has 0 radical (unpaired) electrons. The van der Waals surface area contributed by atoms with Crippen molar-refractivity contribution in [3.8, 4) is 0 Å². The van der Waals surface area contributed by atoms with Gasteiger partial charge in [-0.25, -0.2) is 0 Å². The Kier molecular flexibility index (Phi) is 3.30. The third-order valence-corrected chi connectivity index (χ3v) is 4.05. The van der Waals surface area contributed by atoms with Crippen molar-refractivity contribution in [1.29, 1.82) is 0 Å². The standard InChI is InChI=1S/C16H18N2O2/c1-11-6-4-5-9-18(11)16(20)14-10-12-7-2-3-8-13(12)15(19)17-14/h2-3,7-8,10-11H,4-6,9H2,1H3,(H,17,19). The Bertz CT molecular complexity index is 705. The molecule has 1 unspecified atom stereocenters. The quantitative estimate of drug-likeness (QED) is 0.865. The number of rotatable bonds is 1. The number of aromatic amines is 1. The highest BCUT2D eigenvalue weighted by atomic mass is 16.2. The Hall–Kier alpha value is -2.10. The Labute approximate surface area is 117 Å². The summed E-state index contributed by atoms with van der Waals surface area (Å²) >= 11 is 0. The molecule has 4 nitrogen and oxygen atoms in total. The van der Waals surface area contributed by atoms with E-state index in [1.807, 2.05) is 23.1 Å². The summed E-state index contributed by atoms with van der Waals surface area (Å²) in [6, 6.07) is 9.35. The van der Waals surface area contributed by atoms with Crippen LogP contribution in [0.3, 0.4) is 0 Å². The van der Waals surface area contributed by atoms with Gasteiger partial charge in [-0.05, 0) is 43.7 Å². The van der Waals surface area contributed by atoms with E-state index in [0.717, 1.165) is 24.8 Å². The maximum atomic E-state index is 12.6. The zero-order valence-corrected chi connectivity index (χ0v) is 11.6. The second-order valence-corrected chi connectivity index (χ2v) is 5.44. The van der Waals surface area contributed by atoms with Crippen LogP contribution in [0, 0.1) is 0 Å². The molecular formula is C16H18N2O2. The summed E-state index contributed by atoms with van der Waals surface area (Å²) in [6.45, 7) is 2.84. The van der Waals surface area contributed by atoms with E-state index >= 15 is 0 Å². The maximum Gasteiger partial charge on any atom is 0.270 e. The number of carbonyl (C=O) groups is 1. The van der Waals surface area contributed by atoms with Gasteiger partial charge in [0.25, 0.3) is 11.5 Å². The third kappa shape index (κ3) is 2.22. The molecule has 0 bridgehead atoms. The fraction of sp³-hybridized carbons (Fsp3) is 0.375. The maximum absolute atomic E-state index is 12.6. The van der Waals surface area contributed by atoms with Crippen LogP contribution >= 0.6 is 0 Å². The highest BCUT2D eigenvalue weighted by Crippen LogP contribution is 2.19. The van der Waals surface area contributed by atoms with Crippen LogP contribution in [0.1, 0.15) is 36.7 Å². The van der Waals surface area contributed by atoms with Crippen molar-refractivity contribution < 1.29 is 4.79 Å². The third-order valence-electron chi connectivity index (χ3n) is 4.05. The van der Waals surface area contributed by atoms with Crippen molar-refractivity contribution in [3.63, 3.8) is 0 Å². The van der Waals surface area contributed by atoms with Crippen LogP contribution in [0.25, 0.3) is 10.8 Å². The Morgan fingerprint density at radius 2 is 2.10 bits per heavy atom.